The van der Waals surface area contributed by atoms with Crippen LogP contribution in [0.5, 0.6) is 0 Å². The van der Waals surface area contributed by atoms with Gasteiger partial charge in [0.15, 0.2) is 5.82 Å². The van der Waals surface area contributed by atoms with Gasteiger partial charge in [-0.1, -0.05) is 0 Å². The van der Waals surface area contributed by atoms with E-state index in [4.69, 9.17) is 0 Å². The lowest BCUT2D eigenvalue weighted by atomic mass is 10.2. The number of aromatic nitrogens is 3. The van der Waals surface area contributed by atoms with Gasteiger partial charge in [0.05, 0.1) is 0 Å². The SMILES string of the molecule is CC(C)n1cnnc1-c1ccc(F)cc1. The second-order valence-electron chi connectivity index (χ2n) is 3.66. The topological polar surface area (TPSA) is 30.7 Å². The normalized spacial score (nSPS) is 10.9. The van der Waals surface area contributed by atoms with E-state index in [1.54, 1.807) is 18.5 Å². The van der Waals surface area contributed by atoms with Crippen LogP contribution in [0.3, 0.4) is 0 Å². The van der Waals surface area contributed by atoms with Gasteiger partial charge in [-0.2, -0.15) is 0 Å². The molecule has 3 nitrogen and oxygen atoms in total. The van der Waals surface area contributed by atoms with Gasteiger partial charge in [0.2, 0.25) is 0 Å². The van der Waals surface area contributed by atoms with E-state index >= 15 is 0 Å². The third-order valence-electron chi connectivity index (χ3n) is 2.23. The van der Waals surface area contributed by atoms with Crippen molar-refractivity contribution in [3.05, 3.63) is 36.4 Å². The summed E-state index contributed by atoms with van der Waals surface area (Å²) >= 11 is 0. The van der Waals surface area contributed by atoms with Crippen LogP contribution in [0.1, 0.15) is 19.9 Å². The van der Waals surface area contributed by atoms with E-state index in [1.807, 2.05) is 4.57 Å². The summed E-state index contributed by atoms with van der Waals surface area (Å²) < 4.78 is 14.7. The van der Waals surface area contributed by atoms with E-state index in [1.165, 1.54) is 12.1 Å². The van der Waals surface area contributed by atoms with Gasteiger partial charge < -0.3 is 4.57 Å². The molecule has 1 heterocycles. The number of benzene rings is 1. The average molecular weight is 205 g/mol. The van der Waals surface area contributed by atoms with Crippen molar-refractivity contribution in [2.75, 3.05) is 0 Å². The monoisotopic (exact) mass is 205 g/mol. The van der Waals surface area contributed by atoms with Gasteiger partial charge in [-0.25, -0.2) is 4.39 Å². The molecule has 0 atom stereocenters. The maximum Gasteiger partial charge on any atom is 0.163 e. The van der Waals surface area contributed by atoms with Crippen LogP contribution in [0.15, 0.2) is 30.6 Å². The Morgan fingerprint density at radius 1 is 1.20 bits per heavy atom. The lowest BCUT2D eigenvalue weighted by Crippen LogP contribution is -2.01. The average Bonchev–Trinajstić information content (AvgIpc) is 2.67. The van der Waals surface area contributed by atoms with Crippen molar-refractivity contribution in [2.45, 2.75) is 19.9 Å². The summed E-state index contributed by atoms with van der Waals surface area (Å²) in [6.07, 6.45) is 1.68. The van der Waals surface area contributed by atoms with Crippen LogP contribution < -0.4 is 0 Å². The lowest BCUT2D eigenvalue weighted by Gasteiger charge is -2.09. The Morgan fingerprint density at radius 3 is 2.47 bits per heavy atom. The van der Waals surface area contributed by atoms with Crippen molar-refractivity contribution in [3.63, 3.8) is 0 Å². The summed E-state index contributed by atoms with van der Waals surface area (Å²) in [6.45, 7) is 4.10. The van der Waals surface area contributed by atoms with E-state index in [2.05, 4.69) is 24.0 Å². The predicted octanol–water partition coefficient (Wildman–Crippen LogP) is 2.67. The Kier molecular flexibility index (Phi) is 2.49. The van der Waals surface area contributed by atoms with Gasteiger partial charge in [0, 0.05) is 11.6 Å². The maximum absolute atomic E-state index is 12.7. The molecule has 0 aliphatic rings. The summed E-state index contributed by atoms with van der Waals surface area (Å²) in [5, 5.41) is 7.89. The highest BCUT2D eigenvalue weighted by Gasteiger charge is 2.09. The highest BCUT2D eigenvalue weighted by molar-refractivity contribution is 5.54. The van der Waals surface area contributed by atoms with E-state index in [0.717, 1.165) is 11.4 Å². The number of hydrogen-bond donors (Lipinski definition) is 0. The van der Waals surface area contributed by atoms with Gasteiger partial charge in [-0.15, -0.1) is 10.2 Å². The standard InChI is InChI=1S/C11H12FN3/c1-8(2)15-7-13-14-11(15)9-3-5-10(12)6-4-9/h3-8H,1-2H3. The quantitative estimate of drug-likeness (QED) is 0.754. The van der Waals surface area contributed by atoms with Gasteiger partial charge in [-0.3, -0.25) is 0 Å². The summed E-state index contributed by atoms with van der Waals surface area (Å²) in [5.41, 5.74) is 0.877. The Morgan fingerprint density at radius 2 is 1.87 bits per heavy atom. The number of halogens is 1. The molecule has 2 rings (SSSR count). The molecule has 0 aliphatic heterocycles. The second-order valence-corrected chi connectivity index (χ2v) is 3.66. The van der Waals surface area contributed by atoms with Crippen LogP contribution in [0.2, 0.25) is 0 Å². The predicted molar refractivity (Wildman–Crippen MR) is 55.8 cm³/mol. The molecule has 0 spiro atoms. The fourth-order valence-corrected chi connectivity index (χ4v) is 1.43. The molecule has 15 heavy (non-hydrogen) atoms. The first-order chi connectivity index (χ1) is 7.18. The molecular formula is C11H12FN3. The minimum atomic E-state index is -0.241. The van der Waals surface area contributed by atoms with Gasteiger partial charge in [0.1, 0.15) is 12.1 Å². The van der Waals surface area contributed by atoms with Crippen molar-refractivity contribution in [2.24, 2.45) is 0 Å². The zero-order valence-electron chi connectivity index (χ0n) is 8.68. The van der Waals surface area contributed by atoms with Crippen LogP contribution in [0.4, 0.5) is 4.39 Å². The first-order valence-corrected chi connectivity index (χ1v) is 4.84. The van der Waals surface area contributed by atoms with E-state index in [0.29, 0.717) is 6.04 Å². The molecule has 1 aromatic heterocycles. The van der Waals surface area contributed by atoms with Crippen LogP contribution in [0.25, 0.3) is 11.4 Å². The summed E-state index contributed by atoms with van der Waals surface area (Å²) in [7, 11) is 0. The third-order valence-corrected chi connectivity index (χ3v) is 2.23. The maximum atomic E-state index is 12.7. The minimum Gasteiger partial charge on any atom is -0.311 e. The third kappa shape index (κ3) is 1.88. The number of rotatable bonds is 2. The fraction of sp³-hybridized carbons (Fsp3) is 0.273. The van der Waals surface area contributed by atoms with E-state index in [-0.39, 0.29) is 5.82 Å². The van der Waals surface area contributed by atoms with E-state index < -0.39 is 0 Å². The first kappa shape index (κ1) is 9.83. The number of nitrogens with zero attached hydrogens (tertiary/aromatic N) is 3. The molecule has 0 bridgehead atoms. The summed E-state index contributed by atoms with van der Waals surface area (Å²) in [5.74, 6) is 0.527. The van der Waals surface area contributed by atoms with Crippen molar-refractivity contribution >= 4 is 0 Å². The second kappa shape index (κ2) is 3.81. The Hall–Kier alpha value is -1.71. The molecule has 0 radical (unpaired) electrons. The van der Waals surface area contributed by atoms with Crippen LogP contribution in [-0.2, 0) is 0 Å². The molecule has 4 heteroatoms. The van der Waals surface area contributed by atoms with Crippen molar-refractivity contribution in [3.8, 4) is 11.4 Å². The molecule has 78 valence electrons. The molecule has 0 N–H and O–H groups in total. The molecular weight excluding hydrogens is 193 g/mol. The van der Waals surface area contributed by atoms with Gasteiger partial charge >= 0.3 is 0 Å². The molecule has 0 aliphatic carbocycles. The number of hydrogen-bond acceptors (Lipinski definition) is 2. The Bertz CT molecular complexity index is 445. The van der Waals surface area contributed by atoms with Crippen molar-refractivity contribution in [1.82, 2.24) is 14.8 Å². The molecule has 0 saturated carbocycles. The molecule has 0 unspecified atom stereocenters. The van der Waals surface area contributed by atoms with Gasteiger partial charge in [0.25, 0.3) is 0 Å². The Labute approximate surface area is 87.6 Å². The summed E-state index contributed by atoms with van der Waals surface area (Å²) in [4.78, 5) is 0. The molecule has 0 saturated heterocycles. The molecule has 0 amide bonds. The van der Waals surface area contributed by atoms with E-state index in [9.17, 15) is 4.39 Å². The van der Waals surface area contributed by atoms with Gasteiger partial charge in [-0.05, 0) is 38.1 Å². The largest absolute Gasteiger partial charge is 0.311 e. The smallest absolute Gasteiger partial charge is 0.163 e. The zero-order valence-corrected chi connectivity index (χ0v) is 8.68. The van der Waals surface area contributed by atoms with Crippen molar-refractivity contribution < 1.29 is 4.39 Å². The molecule has 2 aromatic rings. The first-order valence-electron chi connectivity index (χ1n) is 4.84. The Balaban J connectivity index is 2.45. The fourth-order valence-electron chi connectivity index (χ4n) is 1.43. The highest BCUT2D eigenvalue weighted by atomic mass is 19.1. The minimum absolute atomic E-state index is 0.241. The molecule has 1 aromatic carbocycles. The summed E-state index contributed by atoms with van der Waals surface area (Å²) in [6, 6.07) is 6.56. The van der Waals surface area contributed by atoms with Crippen LogP contribution >= 0.6 is 0 Å². The van der Waals surface area contributed by atoms with Crippen LogP contribution in [-0.4, -0.2) is 14.8 Å². The molecule has 0 fully saturated rings. The van der Waals surface area contributed by atoms with Crippen molar-refractivity contribution in [1.29, 1.82) is 0 Å². The van der Waals surface area contributed by atoms with Crippen LogP contribution in [0, 0.1) is 5.82 Å². The highest BCUT2D eigenvalue weighted by Crippen LogP contribution is 2.19. The zero-order chi connectivity index (χ0) is 10.8. The lowest BCUT2D eigenvalue weighted by molar-refractivity contribution is 0.603.